The lowest BCUT2D eigenvalue weighted by Crippen LogP contribution is -2.41. The molecule has 2 heterocycles. The van der Waals surface area contributed by atoms with Crippen LogP contribution in [0.3, 0.4) is 0 Å². The molecule has 9 nitrogen and oxygen atoms in total. The Morgan fingerprint density at radius 1 is 0.971 bits per heavy atom. The van der Waals surface area contributed by atoms with Gasteiger partial charge in [-0.05, 0) is 47.8 Å². The number of hydrogen-bond donors (Lipinski definition) is 2. The maximum absolute atomic E-state index is 13.3. The lowest BCUT2D eigenvalue weighted by molar-refractivity contribution is -0.385. The van der Waals surface area contributed by atoms with Crippen LogP contribution in [0.1, 0.15) is 26.4 Å². The van der Waals surface area contributed by atoms with Crippen molar-refractivity contribution in [3.05, 3.63) is 99.0 Å². The number of alkyl halides is 3. The highest BCUT2D eigenvalue weighted by atomic mass is 32.1. The Kier molecular flexibility index (Phi) is 6.34. The van der Waals surface area contributed by atoms with Crippen LogP contribution in [0.2, 0.25) is 0 Å². The number of nitro groups is 1. The number of rotatable bonds is 5. The molecule has 0 saturated carbocycles. The minimum atomic E-state index is -4.64. The largest absolute Gasteiger partial charge is 0.435 e. The molecule has 0 aliphatic rings. The Balaban J connectivity index is 1.52. The van der Waals surface area contributed by atoms with Gasteiger partial charge in [0.1, 0.15) is 5.56 Å². The topological polar surface area (TPSA) is 119 Å². The van der Waals surface area contributed by atoms with E-state index in [9.17, 15) is 32.9 Å². The average molecular weight is 501 g/mol. The van der Waals surface area contributed by atoms with E-state index in [0.29, 0.717) is 4.88 Å². The Morgan fingerprint density at radius 3 is 2.29 bits per heavy atom. The minimum absolute atomic E-state index is 0.0810. The van der Waals surface area contributed by atoms with Crippen molar-refractivity contribution in [1.82, 2.24) is 20.6 Å². The first-order chi connectivity index (χ1) is 16.6. The highest BCUT2D eigenvalue weighted by molar-refractivity contribution is 7.13. The van der Waals surface area contributed by atoms with Gasteiger partial charge in [-0.3, -0.25) is 30.6 Å². The molecule has 2 aromatic heterocycles. The quantitative estimate of drug-likeness (QED) is 0.306. The lowest BCUT2D eigenvalue weighted by Gasteiger charge is -2.09. The molecule has 4 rings (SSSR count). The van der Waals surface area contributed by atoms with Crippen LogP contribution in [0.4, 0.5) is 18.9 Å². The second-order valence-electron chi connectivity index (χ2n) is 7.03. The number of nitrogens with one attached hydrogen (secondary N) is 2. The number of benzene rings is 2. The fraction of sp³-hybridized carbons (Fsp3) is 0.0455. The zero-order chi connectivity index (χ0) is 25.2. The van der Waals surface area contributed by atoms with E-state index >= 15 is 0 Å². The van der Waals surface area contributed by atoms with Crippen molar-refractivity contribution in [2.45, 2.75) is 6.18 Å². The molecule has 4 aromatic rings. The number of carbonyl (C=O) groups is 2. The minimum Gasteiger partial charge on any atom is -0.267 e. The molecule has 13 heteroatoms. The van der Waals surface area contributed by atoms with Crippen LogP contribution >= 0.6 is 11.3 Å². The maximum Gasteiger partial charge on any atom is 0.435 e. The number of hydrogen-bond acceptors (Lipinski definition) is 6. The van der Waals surface area contributed by atoms with Gasteiger partial charge in [-0.2, -0.15) is 18.3 Å². The number of hydrazine groups is 1. The standard InChI is InChI=1S/C22H14F3N5O4S/c23-22(24,25)19-12-17(18-6-3-11-35-18)29(28-19)14-9-7-13(8-10-14)20(31)26-27-21(32)15-4-1-2-5-16(15)30(33)34/h1-12H,(H,26,31)(H,27,32). The first kappa shape index (κ1) is 23.6. The van der Waals surface area contributed by atoms with Gasteiger partial charge >= 0.3 is 6.18 Å². The van der Waals surface area contributed by atoms with E-state index in [1.165, 1.54) is 53.8 Å². The molecule has 35 heavy (non-hydrogen) atoms. The molecule has 2 N–H and O–H groups in total. The van der Waals surface area contributed by atoms with Crippen LogP contribution in [-0.4, -0.2) is 26.5 Å². The molecular weight excluding hydrogens is 487 g/mol. The van der Waals surface area contributed by atoms with E-state index in [4.69, 9.17) is 0 Å². The van der Waals surface area contributed by atoms with E-state index in [-0.39, 0.29) is 22.5 Å². The number of aromatic nitrogens is 2. The van der Waals surface area contributed by atoms with E-state index in [1.807, 2.05) is 0 Å². The molecular formula is C22H14F3N5O4S. The molecule has 0 aliphatic heterocycles. The van der Waals surface area contributed by atoms with Gasteiger partial charge in [0.25, 0.3) is 17.5 Å². The predicted molar refractivity (Wildman–Crippen MR) is 120 cm³/mol. The summed E-state index contributed by atoms with van der Waals surface area (Å²) in [5.41, 5.74) is 3.13. The summed E-state index contributed by atoms with van der Waals surface area (Å²) in [4.78, 5) is 35.6. The van der Waals surface area contributed by atoms with E-state index in [2.05, 4.69) is 16.0 Å². The van der Waals surface area contributed by atoms with Gasteiger partial charge in [-0.1, -0.05) is 18.2 Å². The summed E-state index contributed by atoms with van der Waals surface area (Å²) in [5.74, 6) is -1.63. The fourth-order valence-corrected chi connectivity index (χ4v) is 3.88. The zero-order valence-corrected chi connectivity index (χ0v) is 18.3. The Bertz CT molecular complexity index is 1400. The van der Waals surface area contributed by atoms with Crippen LogP contribution in [0.25, 0.3) is 16.3 Å². The molecule has 0 spiro atoms. The van der Waals surface area contributed by atoms with Crippen molar-refractivity contribution in [2.75, 3.05) is 0 Å². The normalized spacial score (nSPS) is 11.2. The van der Waals surface area contributed by atoms with E-state index < -0.39 is 34.3 Å². The van der Waals surface area contributed by atoms with Crippen molar-refractivity contribution in [3.63, 3.8) is 0 Å². The summed E-state index contributed by atoms with van der Waals surface area (Å²) in [5, 5.41) is 16.5. The zero-order valence-electron chi connectivity index (χ0n) is 17.4. The summed E-state index contributed by atoms with van der Waals surface area (Å²) >= 11 is 1.25. The summed E-state index contributed by atoms with van der Waals surface area (Å²) < 4.78 is 40.9. The predicted octanol–water partition coefficient (Wildman–Crippen LogP) is 4.60. The van der Waals surface area contributed by atoms with Crippen LogP contribution in [-0.2, 0) is 6.18 Å². The molecule has 0 radical (unpaired) electrons. The third-order valence-corrected chi connectivity index (χ3v) is 5.67. The van der Waals surface area contributed by atoms with Gasteiger partial charge < -0.3 is 0 Å². The molecule has 0 aliphatic carbocycles. The molecule has 2 amide bonds. The molecule has 0 unspecified atom stereocenters. The Morgan fingerprint density at radius 2 is 1.66 bits per heavy atom. The molecule has 2 aromatic carbocycles. The number of thiophene rings is 1. The van der Waals surface area contributed by atoms with Crippen LogP contribution in [0.5, 0.6) is 0 Å². The highest BCUT2D eigenvalue weighted by Crippen LogP contribution is 2.34. The van der Waals surface area contributed by atoms with E-state index in [1.54, 1.807) is 17.5 Å². The van der Waals surface area contributed by atoms with Gasteiger partial charge in [-0.15, -0.1) is 11.3 Å². The van der Waals surface area contributed by atoms with Gasteiger partial charge in [0.05, 0.1) is 21.2 Å². The number of halogens is 3. The SMILES string of the molecule is O=C(NNC(=O)c1ccccc1[N+](=O)[O-])c1ccc(-n2nc(C(F)(F)F)cc2-c2cccs2)cc1. The van der Waals surface area contributed by atoms with Crippen molar-refractivity contribution >= 4 is 28.8 Å². The van der Waals surface area contributed by atoms with Gasteiger partial charge in [-0.25, -0.2) is 4.68 Å². The number of nitrogens with zero attached hydrogens (tertiary/aromatic N) is 3. The molecule has 178 valence electrons. The average Bonchev–Trinajstić information content (AvgIpc) is 3.52. The Labute approximate surface area is 198 Å². The first-order valence-corrected chi connectivity index (χ1v) is 10.7. The fourth-order valence-electron chi connectivity index (χ4n) is 3.15. The van der Waals surface area contributed by atoms with Gasteiger partial charge in [0, 0.05) is 11.6 Å². The van der Waals surface area contributed by atoms with Gasteiger partial charge in [0.2, 0.25) is 0 Å². The second kappa shape index (κ2) is 9.38. The molecule has 0 fully saturated rings. The molecule has 0 atom stereocenters. The van der Waals surface area contributed by atoms with Crippen molar-refractivity contribution in [3.8, 4) is 16.3 Å². The number of para-hydroxylation sites is 1. The van der Waals surface area contributed by atoms with Gasteiger partial charge in [0.15, 0.2) is 5.69 Å². The van der Waals surface area contributed by atoms with Crippen molar-refractivity contribution in [2.24, 2.45) is 0 Å². The third-order valence-electron chi connectivity index (χ3n) is 4.78. The highest BCUT2D eigenvalue weighted by Gasteiger charge is 2.35. The first-order valence-electron chi connectivity index (χ1n) is 9.81. The summed E-state index contributed by atoms with van der Waals surface area (Å²) in [6.45, 7) is 0. The van der Waals surface area contributed by atoms with Crippen molar-refractivity contribution in [1.29, 1.82) is 0 Å². The van der Waals surface area contributed by atoms with Crippen LogP contribution in [0, 0.1) is 10.1 Å². The molecule has 0 saturated heterocycles. The van der Waals surface area contributed by atoms with Crippen LogP contribution < -0.4 is 10.9 Å². The number of amides is 2. The lowest BCUT2D eigenvalue weighted by atomic mass is 10.1. The maximum atomic E-state index is 13.3. The van der Waals surface area contributed by atoms with Crippen LogP contribution in [0.15, 0.2) is 72.1 Å². The number of nitro benzene ring substituents is 1. The number of carbonyl (C=O) groups excluding carboxylic acids is 2. The smallest absolute Gasteiger partial charge is 0.267 e. The summed E-state index contributed by atoms with van der Waals surface area (Å²) in [6.07, 6.45) is -4.64. The summed E-state index contributed by atoms with van der Waals surface area (Å²) in [6, 6.07) is 15.0. The second-order valence-corrected chi connectivity index (χ2v) is 7.98. The molecule has 0 bridgehead atoms. The summed E-state index contributed by atoms with van der Waals surface area (Å²) in [7, 11) is 0. The van der Waals surface area contributed by atoms with E-state index in [0.717, 1.165) is 16.8 Å². The van der Waals surface area contributed by atoms with Crippen molar-refractivity contribution < 1.29 is 27.7 Å². The monoisotopic (exact) mass is 501 g/mol. The Hall–Kier alpha value is -4.52. The third kappa shape index (κ3) is 5.04.